The molecule has 0 nitrogen and oxygen atoms in total. The van der Waals surface area contributed by atoms with E-state index in [0.29, 0.717) is 11.8 Å². The lowest BCUT2D eigenvalue weighted by molar-refractivity contribution is -0.0369. The van der Waals surface area contributed by atoms with Crippen molar-refractivity contribution in [3.05, 3.63) is 0 Å². The Morgan fingerprint density at radius 1 is 0.615 bits per heavy atom. The first-order valence-electron chi connectivity index (χ1n) is 11.9. The molecule has 0 N–H and O–H groups in total. The topological polar surface area (TPSA) is 0 Å². The minimum Gasteiger partial charge on any atom is -0.244 e. The van der Waals surface area contributed by atoms with E-state index < -0.39 is 12.3 Å². The second kappa shape index (κ2) is 9.87. The van der Waals surface area contributed by atoms with Crippen molar-refractivity contribution in [2.45, 2.75) is 116 Å². The molecule has 3 aliphatic rings. The highest BCUT2D eigenvalue weighted by atomic mass is 19.2. The first-order chi connectivity index (χ1) is 12.6. The van der Waals surface area contributed by atoms with E-state index in [-0.39, 0.29) is 11.8 Å². The number of rotatable bonds is 6. The van der Waals surface area contributed by atoms with E-state index in [9.17, 15) is 0 Å². The highest BCUT2D eigenvalue weighted by molar-refractivity contribution is 4.95. The molecule has 3 saturated carbocycles. The lowest BCUT2D eigenvalue weighted by Gasteiger charge is -2.44. The molecule has 3 aliphatic carbocycles. The molecular weight excluding hydrogens is 326 g/mol. The van der Waals surface area contributed by atoms with Gasteiger partial charge < -0.3 is 0 Å². The summed E-state index contributed by atoms with van der Waals surface area (Å²) >= 11 is 0. The van der Waals surface area contributed by atoms with Crippen molar-refractivity contribution in [2.24, 2.45) is 35.5 Å². The maximum absolute atomic E-state index is 15.1. The summed E-state index contributed by atoms with van der Waals surface area (Å²) in [7, 11) is 0. The van der Waals surface area contributed by atoms with Gasteiger partial charge in [0.05, 0.1) is 0 Å². The van der Waals surface area contributed by atoms with Crippen LogP contribution in [0.3, 0.4) is 0 Å². The van der Waals surface area contributed by atoms with E-state index in [2.05, 4.69) is 13.8 Å². The zero-order valence-electron chi connectivity index (χ0n) is 17.3. The number of hydrogen-bond donors (Lipinski definition) is 0. The summed E-state index contributed by atoms with van der Waals surface area (Å²) in [6, 6.07) is 0. The number of halogens is 2. The van der Waals surface area contributed by atoms with Gasteiger partial charge in [0.2, 0.25) is 0 Å². The third-order valence-electron chi connectivity index (χ3n) is 8.49. The Morgan fingerprint density at radius 3 is 1.50 bits per heavy atom. The van der Waals surface area contributed by atoms with Crippen LogP contribution in [0.4, 0.5) is 8.78 Å². The predicted molar refractivity (Wildman–Crippen MR) is 107 cm³/mol. The van der Waals surface area contributed by atoms with Gasteiger partial charge in [-0.15, -0.1) is 0 Å². The Labute approximate surface area is 160 Å². The van der Waals surface area contributed by atoms with Crippen LogP contribution in [0.15, 0.2) is 0 Å². The summed E-state index contributed by atoms with van der Waals surface area (Å²) in [4.78, 5) is 0. The minimum atomic E-state index is -1.19. The van der Waals surface area contributed by atoms with E-state index in [4.69, 9.17) is 0 Å². The number of unbranched alkanes of at least 4 members (excludes halogenated alkanes) is 1. The second-order valence-corrected chi connectivity index (χ2v) is 9.91. The zero-order chi connectivity index (χ0) is 18.5. The first kappa shape index (κ1) is 20.6. The third-order valence-corrected chi connectivity index (χ3v) is 8.49. The fourth-order valence-corrected chi connectivity index (χ4v) is 6.59. The van der Waals surface area contributed by atoms with Crippen molar-refractivity contribution in [1.29, 1.82) is 0 Å². The first-order valence-corrected chi connectivity index (χ1v) is 11.9. The van der Waals surface area contributed by atoms with Gasteiger partial charge in [0.1, 0.15) is 12.3 Å². The van der Waals surface area contributed by atoms with Gasteiger partial charge in [0, 0.05) is 0 Å². The zero-order valence-corrected chi connectivity index (χ0v) is 17.3. The fraction of sp³-hybridized carbons (Fsp3) is 1.00. The largest absolute Gasteiger partial charge is 0.244 e. The van der Waals surface area contributed by atoms with Gasteiger partial charge in [-0.2, -0.15) is 0 Å². The molecule has 0 heterocycles. The van der Waals surface area contributed by atoms with Crippen LogP contribution in [0, 0.1) is 35.5 Å². The Bertz CT molecular complexity index is 393. The normalized spacial score (nSPS) is 44.8. The summed E-state index contributed by atoms with van der Waals surface area (Å²) in [5, 5.41) is 0. The van der Waals surface area contributed by atoms with Gasteiger partial charge >= 0.3 is 0 Å². The highest BCUT2D eigenvalue weighted by Crippen LogP contribution is 2.48. The van der Waals surface area contributed by atoms with Crippen molar-refractivity contribution < 1.29 is 8.78 Å². The van der Waals surface area contributed by atoms with Crippen LogP contribution in [-0.4, -0.2) is 12.3 Å². The Hall–Kier alpha value is -0.140. The molecule has 0 radical (unpaired) electrons. The van der Waals surface area contributed by atoms with Gasteiger partial charge in [0.15, 0.2) is 0 Å². The van der Waals surface area contributed by atoms with Crippen molar-refractivity contribution >= 4 is 0 Å². The molecule has 0 amide bonds. The monoisotopic (exact) mass is 368 g/mol. The second-order valence-electron chi connectivity index (χ2n) is 9.91. The van der Waals surface area contributed by atoms with Crippen LogP contribution >= 0.6 is 0 Å². The lowest BCUT2D eigenvalue weighted by atomic mass is 9.63. The quantitative estimate of drug-likeness (QED) is 0.447. The molecule has 26 heavy (non-hydrogen) atoms. The maximum Gasteiger partial charge on any atom is 0.134 e. The molecule has 0 aromatic carbocycles. The van der Waals surface area contributed by atoms with Gasteiger partial charge in [-0.05, 0) is 74.0 Å². The number of alkyl halides is 2. The van der Waals surface area contributed by atoms with Crippen LogP contribution in [-0.2, 0) is 0 Å². The minimum absolute atomic E-state index is 0.0138. The Kier molecular flexibility index (Phi) is 7.82. The molecule has 0 aromatic rings. The van der Waals surface area contributed by atoms with Gasteiger partial charge in [0.25, 0.3) is 0 Å². The molecule has 4 atom stereocenters. The maximum atomic E-state index is 15.1. The molecule has 0 spiro atoms. The summed E-state index contributed by atoms with van der Waals surface area (Å²) in [6.07, 6.45) is 14.3. The molecule has 4 unspecified atom stereocenters. The molecule has 3 fully saturated rings. The molecule has 0 bridgehead atoms. The SMILES string of the molecule is CCCCC1CCC(C2CCC(C3CCC(CC)CC3)C(F)C2F)CC1. The van der Waals surface area contributed by atoms with Crippen LogP contribution in [0.2, 0.25) is 0 Å². The van der Waals surface area contributed by atoms with Crippen LogP contribution in [0.1, 0.15) is 104 Å². The molecule has 3 rings (SSSR count). The van der Waals surface area contributed by atoms with E-state index in [1.807, 2.05) is 0 Å². The standard InChI is InChI=1S/C24H42F2/c1-3-5-6-18-9-13-20(14-10-18)22-16-15-21(23(25)24(22)26)19-11-7-17(4-2)8-12-19/h17-24H,3-16H2,1-2H3. The molecule has 0 aromatic heterocycles. The van der Waals surface area contributed by atoms with E-state index in [0.717, 1.165) is 50.4 Å². The van der Waals surface area contributed by atoms with Gasteiger partial charge in [-0.25, -0.2) is 8.78 Å². The van der Waals surface area contributed by atoms with Crippen LogP contribution < -0.4 is 0 Å². The van der Waals surface area contributed by atoms with Gasteiger partial charge in [-0.3, -0.25) is 0 Å². The number of hydrogen-bond acceptors (Lipinski definition) is 0. The average molecular weight is 369 g/mol. The highest BCUT2D eigenvalue weighted by Gasteiger charge is 2.46. The summed E-state index contributed by atoms with van der Waals surface area (Å²) < 4.78 is 30.2. The molecule has 0 aliphatic heterocycles. The van der Waals surface area contributed by atoms with E-state index in [1.54, 1.807) is 0 Å². The lowest BCUT2D eigenvalue weighted by Crippen LogP contribution is -2.45. The predicted octanol–water partition coefficient (Wildman–Crippen LogP) is 7.90. The molecule has 0 saturated heterocycles. The smallest absolute Gasteiger partial charge is 0.134 e. The average Bonchev–Trinajstić information content (AvgIpc) is 2.69. The summed E-state index contributed by atoms with van der Waals surface area (Å²) in [5.74, 6) is 2.63. The molecule has 2 heteroatoms. The van der Waals surface area contributed by atoms with Crippen molar-refractivity contribution in [3.8, 4) is 0 Å². The Morgan fingerprint density at radius 2 is 1.08 bits per heavy atom. The summed E-state index contributed by atoms with van der Waals surface area (Å²) in [5.41, 5.74) is 0. The third kappa shape index (κ3) is 4.82. The Balaban J connectivity index is 1.48. The molecular formula is C24H42F2. The van der Waals surface area contributed by atoms with Crippen LogP contribution in [0.5, 0.6) is 0 Å². The van der Waals surface area contributed by atoms with Gasteiger partial charge in [-0.1, -0.05) is 65.2 Å². The van der Waals surface area contributed by atoms with Crippen molar-refractivity contribution in [1.82, 2.24) is 0 Å². The van der Waals surface area contributed by atoms with Crippen LogP contribution in [0.25, 0.3) is 0 Å². The summed E-state index contributed by atoms with van der Waals surface area (Å²) in [6.45, 7) is 4.52. The van der Waals surface area contributed by atoms with Crippen molar-refractivity contribution in [2.75, 3.05) is 0 Å². The van der Waals surface area contributed by atoms with Crippen molar-refractivity contribution in [3.63, 3.8) is 0 Å². The fourth-order valence-electron chi connectivity index (χ4n) is 6.59. The van der Waals surface area contributed by atoms with E-state index in [1.165, 1.54) is 51.4 Å². The van der Waals surface area contributed by atoms with E-state index >= 15 is 8.78 Å². The molecule has 152 valence electrons.